The Balaban J connectivity index is 2.23. The first-order valence-electron chi connectivity index (χ1n) is 5.99. The minimum absolute atomic E-state index is 0.0695. The van der Waals surface area contributed by atoms with E-state index in [9.17, 15) is 4.39 Å². The van der Waals surface area contributed by atoms with Gasteiger partial charge in [-0.2, -0.15) is 0 Å². The van der Waals surface area contributed by atoms with Gasteiger partial charge in [0.15, 0.2) is 11.5 Å². The molecule has 0 atom stereocenters. The lowest BCUT2D eigenvalue weighted by Gasteiger charge is -2.14. The maximum absolute atomic E-state index is 13.5. The summed E-state index contributed by atoms with van der Waals surface area (Å²) < 4.78 is 25.3. The third-order valence-electron chi connectivity index (χ3n) is 2.80. The topological polar surface area (TPSA) is 38.7 Å². The van der Waals surface area contributed by atoms with Crippen molar-refractivity contribution in [1.82, 2.24) is 0 Å². The quantitative estimate of drug-likeness (QED) is 0.797. The van der Waals surface area contributed by atoms with Crippen LogP contribution in [0.15, 0.2) is 36.4 Å². The van der Waals surface area contributed by atoms with Gasteiger partial charge in [0.2, 0.25) is 0 Å². The van der Waals surface area contributed by atoms with E-state index in [1.165, 1.54) is 13.2 Å². The first-order valence-corrected chi connectivity index (χ1v) is 7.07. The van der Waals surface area contributed by atoms with Crippen molar-refractivity contribution in [2.75, 3.05) is 7.11 Å². The van der Waals surface area contributed by atoms with Gasteiger partial charge in [-0.3, -0.25) is 0 Å². The zero-order valence-electron chi connectivity index (χ0n) is 10.9. The summed E-state index contributed by atoms with van der Waals surface area (Å²) in [7, 11) is 1.53. The van der Waals surface area contributed by atoms with Crippen molar-refractivity contribution < 1.29 is 19.0 Å². The summed E-state index contributed by atoms with van der Waals surface area (Å²) in [6.45, 7) is 0.0530. The minimum atomic E-state index is -0.298. The van der Waals surface area contributed by atoms with E-state index in [0.717, 1.165) is 9.13 Å². The molecule has 5 heteroatoms. The average Bonchev–Trinajstić information content (AvgIpc) is 2.46. The van der Waals surface area contributed by atoms with Crippen LogP contribution in [0.5, 0.6) is 11.5 Å². The fourth-order valence-corrected chi connectivity index (χ4v) is 2.59. The predicted octanol–water partition coefficient (Wildman–Crippen LogP) is 3.51. The zero-order valence-corrected chi connectivity index (χ0v) is 13.1. The summed E-state index contributed by atoms with van der Waals surface area (Å²) in [5.74, 6) is 0.777. The normalized spacial score (nSPS) is 10.4. The molecule has 20 heavy (non-hydrogen) atoms. The van der Waals surface area contributed by atoms with Gasteiger partial charge in [-0.1, -0.05) is 18.2 Å². The molecular formula is C15H14FIO3. The van der Waals surface area contributed by atoms with Gasteiger partial charge >= 0.3 is 0 Å². The number of rotatable bonds is 5. The van der Waals surface area contributed by atoms with Gasteiger partial charge < -0.3 is 14.6 Å². The highest BCUT2D eigenvalue weighted by atomic mass is 127. The highest BCUT2D eigenvalue weighted by Gasteiger charge is 2.12. The molecular weight excluding hydrogens is 374 g/mol. The molecule has 2 aromatic carbocycles. The number of halogens is 2. The van der Waals surface area contributed by atoms with Crippen molar-refractivity contribution in [1.29, 1.82) is 0 Å². The molecule has 0 radical (unpaired) electrons. The number of hydrogen-bond donors (Lipinski definition) is 1. The molecule has 0 amide bonds. The highest BCUT2D eigenvalue weighted by Crippen LogP contribution is 2.34. The van der Waals surface area contributed by atoms with Crippen molar-refractivity contribution >= 4 is 22.6 Å². The molecule has 0 spiro atoms. The predicted molar refractivity (Wildman–Crippen MR) is 82.4 cm³/mol. The summed E-state index contributed by atoms with van der Waals surface area (Å²) in [5, 5.41) is 9.17. The van der Waals surface area contributed by atoms with Crippen molar-refractivity contribution in [3.8, 4) is 11.5 Å². The summed E-state index contributed by atoms with van der Waals surface area (Å²) >= 11 is 2.10. The second-order valence-corrected chi connectivity index (χ2v) is 5.31. The lowest BCUT2D eigenvalue weighted by molar-refractivity contribution is 0.270. The number of benzene rings is 2. The molecule has 3 nitrogen and oxygen atoms in total. The van der Waals surface area contributed by atoms with E-state index in [1.807, 2.05) is 0 Å². The molecule has 0 bridgehead atoms. The summed E-state index contributed by atoms with van der Waals surface area (Å²) in [6.07, 6.45) is 0. The number of hydrogen-bond acceptors (Lipinski definition) is 3. The first-order chi connectivity index (χ1) is 9.65. The minimum Gasteiger partial charge on any atom is -0.493 e. The van der Waals surface area contributed by atoms with E-state index < -0.39 is 0 Å². The van der Waals surface area contributed by atoms with Crippen LogP contribution in [0.2, 0.25) is 0 Å². The SMILES string of the molecule is COc1cc(CO)cc(I)c1OCc1ccccc1F. The Hall–Kier alpha value is -1.34. The molecule has 0 saturated heterocycles. The molecule has 0 aromatic heterocycles. The molecule has 0 aliphatic rings. The Morgan fingerprint density at radius 3 is 2.65 bits per heavy atom. The second kappa shape index (κ2) is 6.90. The lowest BCUT2D eigenvalue weighted by Crippen LogP contribution is -2.02. The third kappa shape index (κ3) is 3.40. The fraction of sp³-hybridized carbons (Fsp3) is 0.200. The van der Waals surface area contributed by atoms with Crippen LogP contribution in [-0.2, 0) is 13.2 Å². The van der Waals surface area contributed by atoms with Crippen molar-refractivity contribution in [3.63, 3.8) is 0 Å². The van der Waals surface area contributed by atoms with E-state index >= 15 is 0 Å². The fourth-order valence-electron chi connectivity index (χ4n) is 1.77. The van der Waals surface area contributed by atoms with Crippen LogP contribution in [0.4, 0.5) is 4.39 Å². The Bertz CT molecular complexity index is 602. The second-order valence-electron chi connectivity index (χ2n) is 4.15. The number of aliphatic hydroxyl groups is 1. The Kier molecular flexibility index (Phi) is 5.19. The van der Waals surface area contributed by atoms with E-state index in [0.29, 0.717) is 17.1 Å². The van der Waals surface area contributed by atoms with Crippen LogP contribution in [0.1, 0.15) is 11.1 Å². The van der Waals surface area contributed by atoms with Crippen LogP contribution in [0.25, 0.3) is 0 Å². The summed E-state index contributed by atoms with van der Waals surface area (Å²) in [5.41, 5.74) is 1.22. The molecule has 0 heterocycles. The van der Waals surface area contributed by atoms with Gasteiger partial charge in [0, 0.05) is 5.56 Å². The van der Waals surface area contributed by atoms with E-state index in [4.69, 9.17) is 14.6 Å². The molecule has 2 rings (SSSR count). The van der Waals surface area contributed by atoms with Gasteiger partial charge in [0.25, 0.3) is 0 Å². The molecule has 0 fully saturated rings. The standard InChI is InChI=1S/C15H14FIO3/c1-19-14-7-10(8-18)6-13(17)15(14)20-9-11-4-2-3-5-12(11)16/h2-7,18H,8-9H2,1H3. The van der Waals surface area contributed by atoms with Crippen molar-refractivity contribution in [2.24, 2.45) is 0 Å². The molecule has 106 valence electrons. The molecule has 1 N–H and O–H groups in total. The Morgan fingerprint density at radius 2 is 2.00 bits per heavy atom. The average molecular weight is 388 g/mol. The van der Waals surface area contributed by atoms with Crippen molar-refractivity contribution in [3.05, 3.63) is 56.9 Å². The maximum atomic E-state index is 13.5. The number of aliphatic hydroxyl groups excluding tert-OH is 1. The van der Waals surface area contributed by atoms with Crippen LogP contribution < -0.4 is 9.47 Å². The molecule has 2 aromatic rings. The van der Waals surface area contributed by atoms with Gasteiger partial charge in [-0.25, -0.2) is 4.39 Å². The van der Waals surface area contributed by atoms with Crippen molar-refractivity contribution in [2.45, 2.75) is 13.2 Å². The largest absolute Gasteiger partial charge is 0.493 e. The molecule has 0 aliphatic heterocycles. The van der Waals surface area contributed by atoms with Crippen LogP contribution in [-0.4, -0.2) is 12.2 Å². The zero-order chi connectivity index (χ0) is 14.5. The highest BCUT2D eigenvalue weighted by molar-refractivity contribution is 14.1. The van der Waals surface area contributed by atoms with Crippen LogP contribution in [0, 0.1) is 9.39 Å². The van der Waals surface area contributed by atoms with Crippen LogP contribution >= 0.6 is 22.6 Å². The summed E-state index contributed by atoms with van der Waals surface area (Å²) in [6, 6.07) is 9.99. The third-order valence-corrected chi connectivity index (χ3v) is 3.60. The smallest absolute Gasteiger partial charge is 0.174 e. The maximum Gasteiger partial charge on any atom is 0.174 e. The van der Waals surface area contributed by atoms with E-state index in [2.05, 4.69) is 22.6 Å². The first kappa shape index (κ1) is 15.1. The number of methoxy groups -OCH3 is 1. The molecule has 0 saturated carbocycles. The molecule has 0 unspecified atom stereocenters. The van der Waals surface area contributed by atoms with E-state index in [1.54, 1.807) is 30.3 Å². The summed E-state index contributed by atoms with van der Waals surface area (Å²) in [4.78, 5) is 0. The Morgan fingerprint density at radius 1 is 1.25 bits per heavy atom. The van der Waals surface area contributed by atoms with Crippen LogP contribution in [0.3, 0.4) is 0 Å². The van der Waals surface area contributed by atoms with Gasteiger partial charge in [-0.15, -0.1) is 0 Å². The number of ether oxygens (including phenoxy) is 2. The Labute approximate surface area is 130 Å². The lowest BCUT2D eigenvalue weighted by atomic mass is 10.2. The van der Waals surface area contributed by atoms with E-state index in [-0.39, 0.29) is 19.0 Å². The monoisotopic (exact) mass is 388 g/mol. The molecule has 0 aliphatic carbocycles. The van der Waals surface area contributed by atoms with Gasteiger partial charge in [0.1, 0.15) is 12.4 Å². The van der Waals surface area contributed by atoms with Gasteiger partial charge in [-0.05, 0) is 46.4 Å². The van der Waals surface area contributed by atoms with Gasteiger partial charge in [0.05, 0.1) is 17.3 Å².